The van der Waals surface area contributed by atoms with Gasteiger partial charge >= 0.3 is 0 Å². The molecule has 0 saturated carbocycles. The van der Waals surface area contributed by atoms with Gasteiger partial charge in [0.1, 0.15) is 5.76 Å². The highest BCUT2D eigenvalue weighted by molar-refractivity contribution is 5.20. The third kappa shape index (κ3) is 1.57. The van der Waals surface area contributed by atoms with Crippen LogP contribution in [0.2, 0.25) is 0 Å². The van der Waals surface area contributed by atoms with Gasteiger partial charge in [-0.2, -0.15) is 0 Å². The Balaban J connectivity index is 2.26. The number of hydrogen-bond acceptors (Lipinski definition) is 3. The topological polar surface area (TPSA) is 42.4 Å². The number of furan rings is 1. The highest BCUT2D eigenvalue weighted by atomic mass is 16.3. The van der Waals surface area contributed by atoms with E-state index < -0.39 is 0 Å². The lowest BCUT2D eigenvalue weighted by molar-refractivity contribution is 0.141. The van der Waals surface area contributed by atoms with E-state index in [9.17, 15) is 0 Å². The van der Waals surface area contributed by atoms with E-state index in [1.807, 2.05) is 6.07 Å². The van der Waals surface area contributed by atoms with E-state index in [0.29, 0.717) is 0 Å². The molecular formula is C11H18N2O. The van der Waals surface area contributed by atoms with E-state index in [-0.39, 0.29) is 12.1 Å². The van der Waals surface area contributed by atoms with Gasteiger partial charge in [0.15, 0.2) is 0 Å². The van der Waals surface area contributed by atoms with Gasteiger partial charge in [-0.05, 0) is 45.0 Å². The Morgan fingerprint density at radius 2 is 2.36 bits per heavy atom. The van der Waals surface area contributed by atoms with Crippen molar-refractivity contribution < 1.29 is 4.42 Å². The second kappa shape index (κ2) is 3.75. The van der Waals surface area contributed by atoms with E-state index in [4.69, 9.17) is 10.2 Å². The second-order valence-electron chi connectivity index (χ2n) is 4.20. The van der Waals surface area contributed by atoms with Crippen LogP contribution in [0, 0.1) is 6.92 Å². The molecule has 2 unspecified atom stereocenters. The maximum atomic E-state index is 6.13. The molecule has 2 N–H and O–H groups in total. The molecule has 2 atom stereocenters. The fraction of sp³-hybridized carbons (Fsp3) is 0.636. The van der Waals surface area contributed by atoms with Gasteiger partial charge in [0, 0.05) is 6.04 Å². The van der Waals surface area contributed by atoms with Crippen LogP contribution in [-0.4, -0.2) is 24.5 Å². The fourth-order valence-corrected chi connectivity index (χ4v) is 2.28. The SMILES string of the molecule is Cc1ccoc1C1C(N)CCCN1C. The smallest absolute Gasteiger partial charge is 0.125 e. The molecule has 0 aliphatic carbocycles. The summed E-state index contributed by atoms with van der Waals surface area (Å²) in [5, 5.41) is 0. The first-order valence-corrected chi connectivity index (χ1v) is 5.20. The average Bonchev–Trinajstić information content (AvgIpc) is 2.52. The second-order valence-corrected chi connectivity index (χ2v) is 4.20. The lowest BCUT2D eigenvalue weighted by atomic mass is 9.94. The molecule has 78 valence electrons. The summed E-state index contributed by atoms with van der Waals surface area (Å²) in [6.45, 7) is 3.19. The Morgan fingerprint density at radius 1 is 1.57 bits per heavy atom. The van der Waals surface area contributed by atoms with Crippen molar-refractivity contribution in [2.24, 2.45) is 5.73 Å². The molecule has 0 spiro atoms. The van der Waals surface area contributed by atoms with Crippen LogP contribution in [-0.2, 0) is 0 Å². The molecular weight excluding hydrogens is 176 g/mol. The molecule has 0 radical (unpaired) electrons. The Hall–Kier alpha value is -0.800. The highest BCUT2D eigenvalue weighted by Gasteiger charge is 2.30. The van der Waals surface area contributed by atoms with Crippen LogP contribution in [0.3, 0.4) is 0 Å². The van der Waals surface area contributed by atoms with Gasteiger partial charge in [0.05, 0.1) is 12.3 Å². The van der Waals surface area contributed by atoms with E-state index in [1.54, 1.807) is 6.26 Å². The van der Waals surface area contributed by atoms with Crippen molar-refractivity contribution in [3.8, 4) is 0 Å². The zero-order chi connectivity index (χ0) is 10.1. The lowest BCUT2D eigenvalue weighted by Crippen LogP contribution is -2.43. The molecule has 0 aromatic carbocycles. The van der Waals surface area contributed by atoms with Crippen molar-refractivity contribution in [3.05, 3.63) is 23.7 Å². The van der Waals surface area contributed by atoms with E-state index in [0.717, 1.165) is 18.7 Å². The van der Waals surface area contributed by atoms with Gasteiger partial charge in [0.2, 0.25) is 0 Å². The summed E-state index contributed by atoms with van der Waals surface area (Å²) >= 11 is 0. The number of aryl methyl sites for hydroxylation is 1. The first-order chi connectivity index (χ1) is 6.70. The molecule has 1 saturated heterocycles. The van der Waals surface area contributed by atoms with Gasteiger partial charge in [-0.15, -0.1) is 0 Å². The summed E-state index contributed by atoms with van der Waals surface area (Å²) in [4.78, 5) is 2.29. The third-order valence-corrected chi connectivity index (χ3v) is 3.10. The summed E-state index contributed by atoms with van der Waals surface area (Å²) in [6, 6.07) is 2.47. The van der Waals surface area contributed by atoms with Crippen molar-refractivity contribution in [1.82, 2.24) is 4.90 Å². The molecule has 0 amide bonds. The number of likely N-dealkylation sites (tertiary alicyclic amines) is 1. The number of nitrogens with two attached hydrogens (primary N) is 1. The van der Waals surface area contributed by atoms with Gasteiger partial charge < -0.3 is 10.2 Å². The van der Waals surface area contributed by atoms with Crippen molar-refractivity contribution in [1.29, 1.82) is 0 Å². The van der Waals surface area contributed by atoms with E-state index in [1.165, 1.54) is 12.0 Å². The van der Waals surface area contributed by atoms with Crippen LogP contribution < -0.4 is 5.73 Å². The van der Waals surface area contributed by atoms with Gasteiger partial charge in [-0.1, -0.05) is 0 Å². The highest BCUT2D eigenvalue weighted by Crippen LogP contribution is 2.31. The van der Waals surface area contributed by atoms with Crippen LogP contribution >= 0.6 is 0 Å². The summed E-state index contributed by atoms with van der Waals surface area (Å²) in [5.41, 5.74) is 7.34. The first-order valence-electron chi connectivity index (χ1n) is 5.20. The number of piperidine rings is 1. The monoisotopic (exact) mass is 194 g/mol. The molecule has 2 heterocycles. The number of likely N-dealkylation sites (N-methyl/N-ethyl adjacent to an activating group) is 1. The Morgan fingerprint density at radius 3 is 2.93 bits per heavy atom. The van der Waals surface area contributed by atoms with Gasteiger partial charge in [-0.3, -0.25) is 4.90 Å². The fourth-order valence-electron chi connectivity index (χ4n) is 2.28. The minimum atomic E-state index is 0.207. The zero-order valence-corrected chi connectivity index (χ0v) is 8.86. The lowest BCUT2D eigenvalue weighted by Gasteiger charge is -2.36. The number of nitrogens with zero attached hydrogens (tertiary/aromatic N) is 1. The molecule has 1 aliphatic rings. The summed E-state index contributed by atoms with van der Waals surface area (Å²) in [6.07, 6.45) is 4.03. The molecule has 1 aromatic rings. The van der Waals surface area contributed by atoms with Gasteiger partial charge in [-0.25, -0.2) is 0 Å². The van der Waals surface area contributed by atoms with Crippen LogP contribution in [0.5, 0.6) is 0 Å². The Kier molecular flexibility index (Phi) is 2.61. The minimum absolute atomic E-state index is 0.207. The molecule has 2 rings (SSSR count). The largest absolute Gasteiger partial charge is 0.467 e. The summed E-state index contributed by atoms with van der Waals surface area (Å²) < 4.78 is 5.52. The van der Waals surface area contributed by atoms with Crippen molar-refractivity contribution in [2.45, 2.75) is 31.8 Å². The van der Waals surface area contributed by atoms with Crippen LogP contribution in [0.25, 0.3) is 0 Å². The van der Waals surface area contributed by atoms with Crippen LogP contribution in [0.1, 0.15) is 30.2 Å². The molecule has 3 heteroatoms. The quantitative estimate of drug-likeness (QED) is 0.739. The number of rotatable bonds is 1. The molecule has 1 aromatic heterocycles. The molecule has 1 fully saturated rings. The van der Waals surface area contributed by atoms with Crippen molar-refractivity contribution >= 4 is 0 Å². The number of hydrogen-bond donors (Lipinski definition) is 1. The summed E-state index contributed by atoms with van der Waals surface area (Å²) in [5.74, 6) is 1.04. The Bertz CT molecular complexity index is 298. The predicted octanol–water partition coefficient (Wildman–Crippen LogP) is 1.68. The van der Waals surface area contributed by atoms with Crippen LogP contribution in [0.15, 0.2) is 16.7 Å². The standard InChI is InChI=1S/C11H18N2O/c1-8-5-7-14-11(8)10-9(12)4-3-6-13(10)2/h5,7,9-10H,3-4,6,12H2,1-2H3. The summed E-state index contributed by atoms with van der Waals surface area (Å²) in [7, 11) is 2.12. The minimum Gasteiger partial charge on any atom is -0.467 e. The maximum Gasteiger partial charge on any atom is 0.125 e. The molecule has 3 nitrogen and oxygen atoms in total. The van der Waals surface area contributed by atoms with E-state index >= 15 is 0 Å². The van der Waals surface area contributed by atoms with Crippen molar-refractivity contribution in [3.63, 3.8) is 0 Å². The Labute approximate surface area is 84.9 Å². The average molecular weight is 194 g/mol. The van der Waals surface area contributed by atoms with Crippen molar-refractivity contribution in [2.75, 3.05) is 13.6 Å². The molecule has 14 heavy (non-hydrogen) atoms. The third-order valence-electron chi connectivity index (χ3n) is 3.10. The van der Waals surface area contributed by atoms with Gasteiger partial charge in [0.25, 0.3) is 0 Å². The molecule has 0 bridgehead atoms. The first kappa shape index (κ1) is 9.74. The van der Waals surface area contributed by atoms with E-state index in [2.05, 4.69) is 18.9 Å². The predicted molar refractivity (Wildman–Crippen MR) is 56.0 cm³/mol. The molecule has 1 aliphatic heterocycles. The van der Waals surface area contributed by atoms with Crippen LogP contribution in [0.4, 0.5) is 0 Å². The zero-order valence-electron chi connectivity index (χ0n) is 8.86. The maximum absolute atomic E-state index is 6.13. The normalized spacial score (nSPS) is 29.4.